The highest BCUT2D eigenvalue weighted by Gasteiger charge is 2.41. The van der Waals surface area contributed by atoms with Gasteiger partial charge < -0.3 is 20.1 Å². The lowest BCUT2D eigenvalue weighted by Crippen LogP contribution is -2.52. The quantitative estimate of drug-likeness (QED) is 0.368. The van der Waals surface area contributed by atoms with Gasteiger partial charge in [-0.2, -0.15) is 29.8 Å². The Bertz CT molecular complexity index is 1210. The maximum atomic E-state index is 12.6. The molecule has 16 heteroatoms. The second kappa shape index (κ2) is 15.0. The van der Waals surface area contributed by atoms with Crippen LogP contribution in [0.25, 0.3) is 0 Å². The van der Waals surface area contributed by atoms with Crippen molar-refractivity contribution in [2.75, 3.05) is 39.3 Å². The van der Waals surface area contributed by atoms with Crippen LogP contribution in [0.15, 0.2) is 0 Å². The van der Waals surface area contributed by atoms with Gasteiger partial charge in [0.25, 0.3) is 20.4 Å². The minimum atomic E-state index is -3.48. The number of ether oxygens (including phenoxy) is 2. The minimum Gasteiger partial charge on any atom is -0.444 e. The fourth-order valence-electron chi connectivity index (χ4n) is 4.38. The zero-order chi connectivity index (χ0) is 35.4. The number of rotatable bonds is 7. The number of carbonyl (C=O) groups is 2. The summed E-state index contributed by atoms with van der Waals surface area (Å²) in [7, 11) is -6.90. The average Bonchev–Trinajstić information content (AvgIpc) is 3.26. The molecule has 2 heterocycles. The fourth-order valence-corrected chi connectivity index (χ4v) is 7.38. The third-order valence-electron chi connectivity index (χ3n) is 7.00. The highest BCUT2D eigenvalue weighted by molar-refractivity contribution is 7.87. The van der Waals surface area contributed by atoms with Gasteiger partial charge in [0.1, 0.15) is 11.2 Å². The van der Waals surface area contributed by atoms with E-state index >= 15 is 0 Å². The van der Waals surface area contributed by atoms with Crippen molar-refractivity contribution in [3.05, 3.63) is 0 Å². The molecule has 0 unspecified atom stereocenters. The van der Waals surface area contributed by atoms with Crippen LogP contribution < -0.4 is 15.4 Å². The van der Waals surface area contributed by atoms with Crippen molar-refractivity contribution in [1.29, 1.82) is 0 Å². The Morgan fingerprint density at radius 2 is 1.09 bits per heavy atom. The third kappa shape index (κ3) is 13.9. The first kappa shape index (κ1) is 41.3. The molecule has 2 saturated heterocycles. The molecule has 2 aliphatic heterocycles. The first-order valence-corrected chi connectivity index (χ1v) is 18.3. The molecule has 2 fully saturated rings. The summed E-state index contributed by atoms with van der Waals surface area (Å²) in [5.74, 6) is 0. The molecule has 2 aliphatic rings. The molecule has 3 N–H and O–H groups in total. The molecule has 0 radical (unpaired) electrons. The molecule has 2 rings (SSSR count). The fraction of sp³-hybridized carbons (Fsp3) is 0.931. The SMILES string of the molecule is CC(C)(C)OC(=O)N[C@H](CN1CCNS1(=O)=O)C(C)(C)C.CC(C)N1CCN(C[C@@H](NC(=O)OC(C)(C)C)C(C)(C)C)S1(=O)=O. The summed E-state index contributed by atoms with van der Waals surface area (Å²) in [5.41, 5.74) is -1.79. The second-order valence-corrected chi connectivity index (χ2v) is 19.6. The van der Waals surface area contributed by atoms with Crippen LogP contribution in [0.5, 0.6) is 0 Å². The van der Waals surface area contributed by atoms with Crippen molar-refractivity contribution in [1.82, 2.24) is 28.3 Å². The molecule has 45 heavy (non-hydrogen) atoms. The predicted molar refractivity (Wildman–Crippen MR) is 176 cm³/mol. The highest BCUT2D eigenvalue weighted by atomic mass is 32.2. The van der Waals surface area contributed by atoms with Gasteiger partial charge in [0.2, 0.25) is 0 Å². The van der Waals surface area contributed by atoms with Crippen molar-refractivity contribution >= 4 is 32.6 Å². The predicted octanol–water partition coefficient (Wildman–Crippen LogP) is 3.27. The molecular formula is C29H60N6O8S2. The summed E-state index contributed by atoms with van der Waals surface area (Å²) in [4.78, 5) is 24.0. The van der Waals surface area contributed by atoms with E-state index < -0.39 is 43.8 Å². The Labute approximate surface area is 272 Å². The largest absolute Gasteiger partial charge is 0.444 e. The van der Waals surface area contributed by atoms with Crippen molar-refractivity contribution in [2.24, 2.45) is 10.8 Å². The van der Waals surface area contributed by atoms with Gasteiger partial charge in [0.15, 0.2) is 0 Å². The smallest absolute Gasteiger partial charge is 0.407 e. The number of amides is 2. The third-order valence-corrected chi connectivity index (χ3v) is 10.8. The Balaban J connectivity index is 0.000000454. The Kier molecular flexibility index (Phi) is 13.8. The summed E-state index contributed by atoms with van der Waals surface area (Å²) in [6, 6.07) is -0.775. The lowest BCUT2D eigenvalue weighted by molar-refractivity contribution is 0.0444. The summed E-state index contributed by atoms with van der Waals surface area (Å²) < 4.78 is 66.1. The molecule has 0 aromatic rings. The first-order valence-electron chi connectivity index (χ1n) is 15.5. The zero-order valence-corrected chi connectivity index (χ0v) is 31.5. The number of alkyl carbamates (subject to hydrolysis) is 2. The Morgan fingerprint density at radius 1 is 0.689 bits per heavy atom. The zero-order valence-electron chi connectivity index (χ0n) is 29.9. The van der Waals surface area contributed by atoms with E-state index in [-0.39, 0.29) is 42.0 Å². The number of nitrogens with one attached hydrogen (secondary N) is 3. The van der Waals surface area contributed by atoms with Crippen LogP contribution in [0.2, 0.25) is 0 Å². The van der Waals surface area contributed by atoms with E-state index in [1.807, 2.05) is 55.4 Å². The first-order chi connectivity index (χ1) is 20.0. The van der Waals surface area contributed by atoms with Crippen molar-refractivity contribution < 1.29 is 35.9 Å². The Hall–Kier alpha value is -1.72. The maximum absolute atomic E-state index is 12.6. The van der Waals surface area contributed by atoms with Crippen molar-refractivity contribution in [2.45, 2.75) is 126 Å². The monoisotopic (exact) mass is 684 g/mol. The lowest BCUT2D eigenvalue weighted by Gasteiger charge is -2.34. The van der Waals surface area contributed by atoms with E-state index in [1.165, 1.54) is 12.9 Å². The molecule has 0 bridgehead atoms. The van der Waals surface area contributed by atoms with Gasteiger partial charge in [0, 0.05) is 45.3 Å². The van der Waals surface area contributed by atoms with Crippen LogP contribution in [-0.2, 0) is 29.9 Å². The second-order valence-electron chi connectivity index (χ2n) is 16.0. The van der Waals surface area contributed by atoms with Crippen LogP contribution >= 0.6 is 0 Å². The van der Waals surface area contributed by atoms with Crippen molar-refractivity contribution in [3.63, 3.8) is 0 Å². The standard InChI is InChI=1S/C16H33N3O4S.C13H27N3O4S/c1-12(2)19-10-9-18(24(19,21)22)11-13(15(3,4)5)17-14(20)23-16(6,7)8;1-12(2,3)10(15-11(17)20-13(4,5)6)9-16-8-7-14-21(16,18)19/h12-13H,9-11H2,1-8H3,(H,17,20);10,14H,7-9H2,1-6H3,(H,15,17)/t13-;10-/m11/s1. The van der Waals surface area contributed by atoms with Crippen LogP contribution in [0.4, 0.5) is 9.59 Å². The van der Waals surface area contributed by atoms with Gasteiger partial charge in [-0.25, -0.2) is 14.3 Å². The van der Waals surface area contributed by atoms with Gasteiger partial charge in [0.05, 0.1) is 12.1 Å². The van der Waals surface area contributed by atoms with E-state index in [2.05, 4.69) is 15.4 Å². The van der Waals surface area contributed by atoms with E-state index in [9.17, 15) is 26.4 Å². The van der Waals surface area contributed by atoms with E-state index in [0.29, 0.717) is 26.2 Å². The molecule has 2 amide bonds. The molecule has 0 spiro atoms. The number of hydrogen-bond donors (Lipinski definition) is 3. The molecule has 14 nitrogen and oxygen atoms in total. The molecule has 0 aromatic heterocycles. The Morgan fingerprint density at radius 3 is 1.38 bits per heavy atom. The van der Waals surface area contributed by atoms with Gasteiger partial charge in [-0.05, 0) is 66.2 Å². The van der Waals surface area contributed by atoms with Gasteiger partial charge in [-0.1, -0.05) is 41.5 Å². The molecule has 0 aromatic carbocycles. The van der Waals surface area contributed by atoms with Gasteiger partial charge in [-0.15, -0.1) is 0 Å². The molecule has 0 saturated carbocycles. The molecule has 2 atom stereocenters. The van der Waals surface area contributed by atoms with Gasteiger partial charge in [-0.3, -0.25) is 0 Å². The van der Waals surface area contributed by atoms with Gasteiger partial charge >= 0.3 is 12.2 Å². The number of hydrogen-bond acceptors (Lipinski definition) is 8. The number of carbonyl (C=O) groups excluding carboxylic acids is 2. The van der Waals surface area contributed by atoms with Crippen LogP contribution in [-0.4, -0.2) is 111 Å². The number of nitrogens with zero attached hydrogens (tertiary/aromatic N) is 3. The normalized spacial score (nSPS) is 21.0. The molecule has 266 valence electrons. The minimum absolute atomic E-state index is 0.0769. The summed E-state index contributed by atoms with van der Waals surface area (Å²) in [5, 5.41) is 5.62. The summed E-state index contributed by atoms with van der Waals surface area (Å²) >= 11 is 0. The van der Waals surface area contributed by atoms with Crippen LogP contribution in [0.1, 0.15) is 96.9 Å². The summed E-state index contributed by atoms with van der Waals surface area (Å²) in [6.45, 7) is 28.4. The molecular weight excluding hydrogens is 624 g/mol. The lowest BCUT2D eigenvalue weighted by atomic mass is 9.86. The van der Waals surface area contributed by atoms with E-state index in [4.69, 9.17) is 9.47 Å². The average molecular weight is 685 g/mol. The van der Waals surface area contributed by atoms with Crippen molar-refractivity contribution in [3.8, 4) is 0 Å². The van der Waals surface area contributed by atoms with E-state index in [0.717, 1.165) is 0 Å². The van der Waals surface area contributed by atoms with Crippen LogP contribution in [0.3, 0.4) is 0 Å². The van der Waals surface area contributed by atoms with E-state index in [1.54, 1.807) is 41.5 Å². The van der Waals surface area contributed by atoms with Crippen LogP contribution in [0, 0.1) is 10.8 Å². The summed E-state index contributed by atoms with van der Waals surface area (Å²) in [6.07, 6.45) is -1.06. The topological polar surface area (TPSA) is 167 Å². The highest BCUT2D eigenvalue weighted by Crippen LogP contribution is 2.26. The molecule has 0 aliphatic carbocycles. The maximum Gasteiger partial charge on any atom is 0.407 e.